The average Bonchev–Trinajstić information content (AvgIpc) is 2.57. The highest BCUT2D eigenvalue weighted by Gasteiger charge is 2.59. The van der Waals surface area contributed by atoms with E-state index in [-0.39, 0.29) is 12.8 Å². The maximum atomic E-state index is 12.9. The lowest BCUT2D eigenvalue weighted by Crippen LogP contribution is -2.62. The van der Waals surface area contributed by atoms with Gasteiger partial charge in [-0.25, -0.2) is 0 Å². The molecule has 0 aromatic rings. The summed E-state index contributed by atoms with van der Waals surface area (Å²) in [6.45, 7) is 10.7. The lowest BCUT2D eigenvalue weighted by atomic mass is 9.64. The molecule has 0 amide bonds. The molecule has 5 heteroatoms. The summed E-state index contributed by atoms with van der Waals surface area (Å²) in [4.78, 5) is 51.2. The zero-order valence-electron chi connectivity index (χ0n) is 16.6. The molecule has 4 atom stereocenters. The minimum Gasteiger partial charge on any atom is -0.374 e. The fourth-order valence-corrected chi connectivity index (χ4v) is 2.99. The second-order valence-corrected chi connectivity index (χ2v) is 7.69. The van der Waals surface area contributed by atoms with Crippen molar-refractivity contribution in [1.29, 1.82) is 0 Å². The number of carbonyl (C=O) groups is 4. The van der Waals surface area contributed by atoms with Gasteiger partial charge in [0, 0.05) is 12.3 Å². The number of hydrogen-bond donors (Lipinski definition) is 1. The number of hydrogen-bond acceptors (Lipinski definition) is 5. The molecule has 1 N–H and O–H groups in total. The molecule has 1 aliphatic rings. The van der Waals surface area contributed by atoms with E-state index < -0.39 is 46.5 Å². The Balaban J connectivity index is 3.43. The quantitative estimate of drug-likeness (QED) is 0.555. The zero-order valence-corrected chi connectivity index (χ0v) is 16.6. The summed E-state index contributed by atoms with van der Waals surface area (Å²) < 4.78 is 0. The van der Waals surface area contributed by atoms with Gasteiger partial charge in [-0.2, -0.15) is 0 Å². The maximum absolute atomic E-state index is 12.9. The molecule has 0 heterocycles. The van der Waals surface area contributed by atoms with Crippen LogP contribution in [0.5, 0.6) is 0 Å². The average molecular weight is 362 g/mol. The molecular formula is C21H30O5. The van der Waals surface area contributed by atoms with Crippen LogP contribution in [0.25, 0.3) is 0 Å². The summed E-state index contributed by atoms with van der Waals surface area (Å²) in [6.07, 6.45) is 3.68. The smallest absolute Gasteiger partial charge is 0.190 e. The normalized spacial score (nSPS) is 27.1. The predicted molar refractivity (Wildman–Crippen MR) is 99.5 cm³/mol. The largest absolute Gasteiger partial charge is 0.374 e. The van der Waals surface area contributed by atoms with Crippen molar-refractivity contribution in [3.63, 3.8) is 0 Å². The summed E-state index contributed by atoms with van der Waals surface area (Å²) in [5.41, 5.74) is -0.569. The van der Waals surface area contributed by atoms with Gasteiger partial charge in [0.25, 0.3) is 0 Å². The number of rotatable bonds is 7. The van der Waals surface area contributed by atoms with Gasteiger partial charge in [-0.05, 0) is 40.5 Å². The molecule has 1 rings (SSSR count). The third-order valence-corrected chi connectivity index (χ3v) is 4.97. The van der Waals surface area contributed by atoms with E-state index in [1.165, 1.54) is 0 Å². The van der Waals surface area contributed by atoms with Crippen LogP contribution in [-0.2, 0) is 19.2 Å². The maximum Gasteiger partial charge on any atom is 0.190 e. The molecule has 0 saturated heterocycles. The van der Waals surface area contributed by atoms with E-state index in [2.05, 4.69) is 0 Å². The minimum atomic E-state index is -2.32. The second kappa shape index (κ2) is 8.67. The number of allylic oxidation sites excluding steroid dienone is 3. The second-order valence-electron chi connectivity index (χ2n) is 7.69. The molecule has 26 heavy (non-hydrogen) atoms. The number of ketones is 4. The van der Waals surface area contributed by atoms with E-state index in [1.54, 1.807) is 39.8 Å². The minimum absolute atomic E-state index is 0.0920. The van der Waals surface area contributed by atoms with Crippen LogP contribution in [0, 0.1) is 17.8 Å². The summed E-state index contributed by atoms with van der Waals surface area (Å²) in [5, 5.41) is 10.9. The van der Waals surface area contributed by atoms with E-state index in [9.17, 15) is 24.3 Å². The van der Waals surface area contributed by atoms with Crippen LogP contribution in [-0.4, -0.2) is 33.8 Å². The SMILES string of the molecule is CC[C@@H](C)C(=O)[C@H]1C(=O)[C@@H](CC=C(C)C)C(=O)[C@](O)(CC=C(C)C)C1=O. The third kappa shape index (κ3) is 4.44. The number of Topliss-reactive ketones (excluding diaryl/α,β-unsaturated/α-hetero) is 4. The number of carbonyl (C=O) groups excluding carboxylic acids is 4. The summed E-state index contributed by atoms with van der Waals surface area (Å²) in [7, 11) is 0. The molecule has 0 spiro atoms. The van der Waals surface area contributed by atoms with Gasteiger partial charge in [-0.1, -0.05) is 37.1 Å². The lowest BCUT2D eigenvalue weighted by Gasteiger charge is -2.36. The predicted octanol–water partition coefficient (Wildman–Crippen LogP) is 3.00. The van der Waals surface area contributed by atoms with Crippen molar-refractivity contribution in [1.82, 2.24) is 0 Å². The van der Waals surface area contributed by atoms with Gasteiger partial charge in [0.2, 0.25) is 0 Å². The van der Waals surface area contributed by atoms with Gasteiger partial charge in [-0.3, -0.25) is 19.2 Å². The van der Waals surface area contributed by atoms with Crippen molar-refractivity contribution in [2.45, 2.75) is 66.4 Å². The van der Waals surface area contributed by atoms with Gasteiger partial charge in [0.15, 0.2) is 28.7 Å². The molecule has 144 valence electrons. The fraction of sp³-hybridized carbons (Fsp3) is 0.619. The summed E-state index contributed by atoms with van der Waals surface area (Å²) in [5.74, 6) is -6.17. The molecule has 0 aliphatic heterocycles. The highest BCUT2D eigenvalue weighted by Crippen LogP contribution is 2.35. The van der Waals surface area contributed by atoms with E-state index in [4.69, 9.17) is 0 Å². The van der Waals surface area contributed by atoms with Crippen LogP contribution < -0.4 is 0 Å². The standard InChI is InChI=1S/C21H30O5/c1-7-14(6)17(22)16-18(23)15(9-8-12(2)3)19(24)21(26,20(16)25)11-10-13(4)5/h8,10,14-16,26H,7,9,11H2,1-6H3/t14-,15-,16+,21-/m1/s1. The van der Waals surface area contributed by atoms with E-state index in [1.807, 2.05) is 13.8 Å². The zero-order chi connectivity index (χ0) is 20.2. The Morgan fingerprint density at radius 3 is 2.08 bits per heavy atom. The van der Waals surface area contributed by atoms with Gasteiger partial charge in [-0.15, -0.1) is 0 Å². The first kappa shape index (κ1) is 22.2. The van der Waals surface area contributed by atoms with Crippen molar-refractivity contribution in [2.24, 2.45) is 17.8 Å². The molecule has 0 radical (unpaired) electrons. The number of aliphatic hydroxyl groups is 1. The van der Waals surface area contributed by atoms with Gasteiger partial charge in [0.05, 0.1) is 5.92 Å². The van der Waals surface area contributed by atoms with E-state index in [0.717, 1.165) is 11.1 Å². The van der Waals surface area contributed by atoms with Crippen LogP contribution in [0.4, 0.5) is 0 Å². The van der Waals surface area contributed by atoms with E-state index >= 15 is 0 Å². The highest BCUT2D eigenvalue weighted by molar-refractivity contribution is 6.35. The Kier molecular flexibility index (Phi) is 7.39. The van der Waals surface area contributed by atoms with Crippen molar-refractivity contribution < 1.29 is 24.3 Å². The first-order valence-corrected chi connectivity index (χ1v) is 9.12. The third-order valence-electron chi connectivity index (χ3n) is 4.97. The van der Waals surface area contributed by atoms with Crippen LogP contribution >= 0.6 is 0 Å². The molecule has 1 fully saturated rings. The van der Waals surface area contributed by atoms with Crippen molar-refractivity contribution in [3.8, 4) is 0 Å². The van der Waals surface area contributed by atoms with E-state index in [0.29, 0.717) is 6.42 Å². The van der Waals surface area contributed by atoms with Crippen molar-refractivity contribution >= 4 is 23.1 Å². The molecule has 0 bridgehead atoms. The fourth-order valence-electron chi connectivity index (χ4n) is 2.99. The van der Waals surface area contributed by atoms with Gasteiger partial charge < -0.3 is 5.11 Å². The van der Waals surface area contributed by atoms with Crippen LogP contribution in [0.3, 0.4) is 0 Å². The van der Waals surface area contributed by atoms with Gasteiger partial charge in [0.1, 0.15) is 5.92 Å². The van der Waals surface area contributed by atoms with Crippen LogP contribution in [0.15, 0.2) is 23.3 Å². The Morgan fingerprint density at radius 1 is 1.08 bits per heavy atom. The molecule has 0 aromatic heterocycles. The molecule has 0 unspecified atom stereocenters. The van der Waals surface area contributed by atoms with Gasteiger partial charge >= 0.3 is 0 Å². The molecule has 1 aliphatic carbocycles. The Labute approximate surface area is 155 Å². The Hall–Kier alpha value is -1.88. The Bertz CT molecular complexity index is 662. The topological polar surface area (TPSA) is 88.5 Å². The molecular weight excluding hydrogens is 332 g/mol. The first-order valence-electron chi connectivity index (χ1n) is 9.12. The van der Waals surface area contributed by atoms with Crippen molar-refractivity contribution in [2.75, 3.05) is 0 Å². The Morgan fingerprint density at radius 2 is 1.62 bits per heavy atom. The molecule has 5 nitrogen and oxygen atoms in total. The highest BCUT2D eigenvalue weighted by atomic mass is 16.3. The first-order chi connectivity index (χ1) is 12.0. The summed E-state index contributed by atoms with van der Waals surface area (Å²) >= 11 is 0. The monoisotopic (exact) mass is 362 g/mol. The van der Waals surface area contributed by atoms with Crippen LogP contribution in [0.2, 0.25) is 0 Å². The van der Waals surface area contributed by atoms with Crippen molar-refractivity contribution in [3.05, 3.63) is 23.3 Å². The summed E-state index contributed by atoms with van der Waals surface area (Å²) in [6, 6.07) is 0. The molecule has 1 saturated carbocycles. The van der Waals surface area contributed by atoms with Crippen LogP contribution in [0.1, 0.15) is 60.8 Å². The lowest BCUT2D eigenvalue weighted by molar-refractivity contribution is -0.166. The molecule has 0 aromatic carbocycles.